The maximum atomic E-state index is 12.8. The molecular formula is C17H15F3N2. The monoisotopic (exact) mass is 304 g/mol. The van der Waals surface area contributed by atoms with E-state index >= 15 is 0 Å². The minimum Gasteiger partial charge on any atom is -0.306 e. The molecule has 114 valence electrons. The molecule has 0 unspecified atom stereocenters. The zero-order valence-electron chi connectivity index (χ0n) is 12.1. The van der Waals surface area contributed by atoms with E-state index in [0.29, 0.717) is 11.3 Å². The van der Waals surface area contributed by atoms with Gasteiger partial charge < -0.3 is 4.40 Å². The minimum atomic E-state index is -4.34. The van der Waals surface area contributed by atoms with Gasteiger partial charge in [0.15, 0.2) is 0 Å². The van der Waals surface area contributed by atoms with E-state index in [4.69, 9.17) is 0 Å². The van der Waals surface area contributed by atoms with Crippen molar-refractivity contribution in [3.8, 4) is 11.3 Å². The zero-order valence-corrected chi connectivity index (χ0v) is 12.1. The van der Waals surface area contributed by atoms with Crippen LogP contribution in [0.1, 0.15) is 24.5 Å². The number of nitrogens with zero attached hydrogens (tertiary/aromatic N) is 2. The number of hydrogen-bond donors (Lipinski definition) is 0. The molecule has 0 saturated heterocycles. The number of imidazole rings is 1. The number of benzene rings is 1. The summed E-state index contributed by atoms with van der Waals surface area (Å²) in [6, 6.07) is 9.20. The van der Waals surface area contributed by atoms with Gasteiger partial charge in [-0.25, -0.2) is 4.98 Å². The number of fused-ring (bicyclic) bond motifs is 1. The van der Waals surface area contributed by atoms with Crippen molar-refractivity contribution >= 4 is 5.65 Å². The molecule has 1 aromatic carbocycles. The van der Waals surface area contributed by atoms with Crippen LogP contribution in [-0.2, 0) is 12.6 Å². The number of halogens is 3. The fourth-order valence-electron chi connectivity index (χ4n) is 2.53. The molecule has 2 nitrogen and oxygen atoms in total. The van der Waals surface area contributed by atoms with Crippen molar-refractivity contribution in [2.75, 3.05) is 0 Å². The Kier molecular flexibility index (Phi) is 3.64. The third kappa shape index (κ3) is 2.71. The molecule has 0 aliphatic rings. The number of hydrogen-bond acceptors (Lipinski definition) is 1. The van der Waals surface area contributed by atoms with E-state index in [2.05, 4.69) is 11.9 Å². The van der Waals surface area contributed by atoms with Crippen molar-refractivity contribution in [2.45, 2.75) is 25.9 Å². The average molecular weight is 304 g/mol. The predicted molar refractivity (Wildman–Crippen MR) is 79.6 cm³/mol. The standard InChI is InChI=1S/C17H15F3N2/c1-2-5-12-7-4-9-22-11-15(21-16(12)22)13-6-3-8-14(10-13)17(18,19)20/h3-4,6-11H,2,5H2,1H3. The van der Waals surface area contributed by atoms with E-state index in [9.17, 15) is 13.2 Å². The van der Waals surface area contributed by atoms with Gasteiger partial charge in [-0.2, -0.15) is 13.2 Å². The van der Waals surface area contributed by atoms with E-state index in [0.717, 1.165) is 36.2 Å². The van der Waals surface area contributed by atoms with Crippen LogP contribution in [0.4, 0.5) is 13.2 Å². The Morgan fingerprint density at radius 2 is 1.95 bits per heavy atom. The molecule has 2 heterocycles. The molecule has 0 spiro atoms. The Labute approximate surface area is 126 Å². The largest absolute Gasteiger partial charge is 0.416 e. The SMILES string of the molecule is CCCc1cccn2cc(-c3cccc(C(F)(F)F)c3)nc12. The molecule has 2 aromatic heterocycles. The van der Waals surface area contributed by atoms with Gasteiger partial charge in [0.05, 0.1) is 11.3 Å². The fraction of sp³-hybridized carbons (Fsp3) is 0.235. The topological polar surface area (TPSA) is 17.3 Å². The molecule has 22 heavy (non-hydrogen) atoms. The van der Waals surface area contributed by atoms with Crippen LogP contribution in [0, 0.1) is 0 Å². The number of rotatable bonds is 3. The Bertz CT molecular complexity index is 803. The second-order valence-corrected chi connectivity index (χ2v) is 5.22. The molecular weight excluding hydrogens is 289 g/mol. The maximum Gasteiger partial charge on any atom is 0.416 e. The molecule has 3 rings (SSSR count). The summed E-state index contributed by atoms with van der Waals surface area (Å²) in [5.74, 6) is 0. The van der Waals surface area contributed by atoms with Crippen molar-refractivity contribution in [3.63, 3.8) is 0 Å². The maximum absolute atomic E-state index is 12.8. The Morgan fingerprint density at radius 1 is 1.14 bits per heavy atom. The van der Waals surface area contributed by atoms with Crippen molar-refractivity contribution in [1.29, 1.82) is 0 Å². The number of alkyl halides is 3. The molecule has 0 amide bonds. The lowest BCUT2D eigenvalue weighted by molar-refractivity contribution is -0.137. The second-order valence-electron chi connectivity index (χ2n) is 5.22. The fourth-order valence-corrected chi connectivity index (χ4v) is 2.53. The van der Waals surface area contributed by atoms with Crippen molar-refractivity contribution in [3.05, 3.63) is 59.9 Å². The van der Waals surface area contributed by atoms with E-state index in [1.54, 1.807) is 12.3 Å². The normalized spacial score (nSPS) is 12.0. The summed E-state index contributed by atoms with van der Waals surface area (Å²) in [6.07, 6.45) is 1.17. The molecule has 0 fully saturated rings. The second kappa shape index (κ2) is 5.48. The summed E-state index contributed by atoms with van der Waals surface area (Å²) >= 11 is 0. The summed E-state index contributed by atoms with van der Waals surface area (Å²) in [4.78, 5) is 4.52. The van der Waals surface area contributed by atoms with Gasteiger partial charge in [0.1, 0.15) is 5.65 Å². The highest BCUT2D eigenvalue weighted by atomic mass is 19.4. The van der Waals surface area contributed by atoms with Crippen molar-refractivity contribution in [2.24, 2.45) is 0 Å². The molecule has 0 N–H and O–H groups in total. The third-order valence-corrected chi connectivity index (χ3v) is 3.57. The predicted octanol–water partition coefficient (Wildman–Crippen LogP) is 4.97. The first kappa shape index (κ1) is 14.6. The van der Waals surface area contributed by atoms with E-state index in [1.165, 1.54) is 6.07 Å². The molecule has 0 atom stereocenters. The van der Waals surface area contributed by atoms with Crippen LogP contribution in [0.2, 0.25) is 0 Å². The average Bonchev–Trinajstić information content (AvgIpc) is 2.92. The van der Waals surface area contributed by atoms with Gasteiger partial charge in [0.25, 0.3) is 0 Å². The van der Waals surface area contributed by atoms with Crippen LogP contribution in [0.5, 0.6) is 0 Å². The quantitative estimate of drug-likeness (QED) is 0.667. The van der Waals surface area contributed by atoms with Crippen molar-refractivity contribution in [1.82, 2.24) is 9.38 Å². The zero-order chi connectivity index (χ0) is 15.7. The number of pyridine rings is 1. The highest BCUT2D eigenvalue weighted by molar-refractivity contribution is 5.65. The smallest absolute Gasteiger partial charge is 0.306 e. The molecule has 0 radical (unpaired) electrons. The van der Waals surface area contributed by atoms with E-state index in [1.807, 2.05) is 22.7 Å². The van der Waals surface area contributed by atoms with Crippen LogP contribution in [0.3, 0.4) is 0 Å². The van der Waals surface area contributed by atoms with Gasteiger partial charge in [-0.15, -0.1) is 0 Å². The summed E-state index contributed by atoms with van der Waals surface area (Å²) < 4.78 is 40.3. The highest BCUT2D eigenvalue weighted by Crippen LogP contribution is 2.32. The van der Waals surface area contributed by atoms with Crippen LogP contribution >= 0.6 is 0 Å². The van der Waals surface area contributed by atoms with Gasteiger partial charge in [-0.3, -0.25) is 0 Å². The Balaban J connectivity index is 2.09. The summed E-state index contributed by atoms with van der Waals surface area (Å²) in [5, 5.41) is 0. The lowest BCUT2D eigenvalue weighted by atomic mass is 10.1. The van der Waals surface area contributed by atoms with Crippen molar-refractivity contribution < 1.29 is 13.2 Å². The van der Waals surface area contributed by atoms with Crippen LogP contribution in [-0.4, -0.2) is 9.38 Å². The molecule has 0 saturated carbocycles. The minimum absolute atomic E-state index is 0.473. The lowest BCUT2D eigenvalue weighted by Crippen LogP contribution is -2.04. The van der Waals surface area contributed by atoms with Gasteiger partial charge >= 0.3 is 6.18 Å². The van der Waals surface area contributed by atoms with Gasteiger partial charge in [-0.1, -0.05) is 31.5 Å². The highest BCUT2D eigenvalue weighted by Gasteiger charge is 2.30. The Morgan fingerprint density at radius 3 is 2.68 bits per heavy atom. The third-order valence-electron chi connectivity index (χ3n) is 3.57. The molecule has 3 aromatic rings. The van der Waals surface area contributed by atoms with Crippen LogP contribution in [0.15, 0.2) is 48.8 Å². The van der Waals surface area contributed by atoms with Crippen LogP contribution < -0.4 is 0 Å². The molecule has 0 aliphatic carbocycles. The first-order chi connectivity index (χ1) is 10.5. The molecule has 0 aliphatic heterocycles. The summed E-state index contributed by atoms with van der Waals surface area (Å²) in [6.45, 7) is 2.08. The van der Waals surface area contributed by atoms with Gasteiger partial charge in [0.2, 0.25) is 0 Å². The molecule has 5 heteroatoms. The first-order valence-corrected chi connectivity index (χ1v) is 7.13. The lowest BCUT2D eigenvalue weighted by Gasteiger charge is -2.07. The Hall–Kier alpha value is -2.30. The number of aryl methyl sites for hydroxylation is 1. The first-order valence-electron chi connectivity index (χ1n) is 7.13. The van der Waals surface area contributed by atoms with E-state index < -0.39 is 11.7 Å². The number of aromatic nitrogens is 2. The molecule has 0 bridgehead atoms. The van der Waals surface area contributed by atoms with Gasteiger partial charge in [-0.05, 0) is 30.2 Å². The van der Waals surface area contributed by atoms with Crippen LogP contribution in [0.25, 0.3) is 16.9 Å². The van der Waals surface area contributed by atoms with E-state index in [-0.39, 0.29) is 0 Å². The summed E-state index contributed by atoms with van der Waals surface area (Å²) in [5.41, 5.74) is 2.27. The van der Waals surface area contributed by atoms with Gasteiger partial charge in [0, 0.05) is 18.0 Å². The summed E-state index contributed by atoms with van der Waals surface area (Å²) in [7, 11) is 0.